The average molecular weight is 455 g/mol. The highest BCUT2D eigenvalue weighted by molar-refractivity contribution is 5.95. The Morgan fingerprint density at radius 1 is 1.24 bits per heavy atom. The lowest BCUT2D eigenvalue weighted by Crippen LogP contribution is -2.51. The first-order chi connectivity index (χ1) is 16.0. The van der Waals surface area contributed by atoms with Crippen LogP contribution in [0.15, 0.2) is 41.1 Å². The summed E-state index contributed by atoms with van der Waals surface area (Å²) >= 11 is 0. The maximum Gasteiger partial charge on any atom is 0.255 e. The predicted octanol–water partition coefficient (Wildman–Crippen LogP) is 3.24. The van der Waals surface area contributed by atoms with E-state index in [1.54, 1.807) is 18.2 Å². The summed E-state index contributed by atoms with van der Waals surface area (Å²) in [5.74, 6) is -0.393. The van der Waals surface area contributed by atoms with Crippen LogP contribution in [-0.2, 0) is 4.74 Å². The number of methoxy groups -OCH3 is 1. The summed E-state index contributed by atoms with van der Waals surface area (Å²) < 4.78 is 43.2. The highest BCUT2D eigenvalue weighted by atomic mass is 19.1. The van der Waals surface area contributed by atoms with E-state index in [9.17, 15) is 13.6 Å². The van der Waals surface area contributed by atoms with E-state index in [-0.39, 0.29) is 31.4 Å². The molecular formula is C22H19F2N5O4. The number of nitrogens with one attached hydrogen (secondary N) is 1. The van der Waals surface area contributed by atoms with Crippen LogP contribution in [0.25, 0.3) is 33.7 Å². The number of amides is 1. The largest absolute Gasteiger partial charge is 0.488 e. The molecule has 11 heteroatoms. The number of aromatic amines is 1. The fourth-order valence-corrected chi connectivity index (χ4v) is 3.50. The number of pyridine rings is 1. The minimum absolute atomic E-state index is 0.0899. The van der Waals surface area contributed by atoms with E-state index in [1.807, 2.05) is 0 Å². The van der Waals surface area contributed by atoms with Crippen molar-refractivity contribution in [2.24, 2.45) is 0 Å². The number of alkyl halides is 1. The minimum Gasteiger partial charge on any atom is -0.488 e. The van der Waals surface area contributed by atoms with Gasteiger partial charge in [-0.3, -0.25) is 14.9 Å². The number of hydrogen-bond acceptors (Lipinski definition) is 7. The van der Waals surface area contributed by atoms with Crippen LogP contribution in [0.1, 0.15) is 10.4 Å². The Hall–Kier alpha value is -3.86. The Morgan fingerprint density at radius 2 is 2.09 bits per heavy atom. The molecule has 9 nitrogen and oxygen atoms in total. The third-order valence-electron chi connectivity index (χ3n) is 5.30. The van der Waals surface area contributed by atoms with E-state index >= 15 is 0 Å². The third-order valence-corrected chi connectivity index (χ3v) is 5.30. The van der Waals surface area contributed by atoms with Crippen LogP contribution >= 0.6 is 0 Å². The van der Waals surface area contributed by atoms with Crippen molar-refractivity contribution in [1.82, 2.24) is 25.2 Å². The van der Waals surface area contributed by atoms with Gasteiger partial charge >= 0.3 is 0 Å². The molecule has 1 amide bonds. The number of carbonyl (C=O) groups is 1. The standard InChI is InChI=1S/C22H19F2N5O4/c1-31-4-5-32-19-7-17-14(6-15(19)24)21(27-26-17)20-8-18(28-33-20)16-3-2-12(9-25-16)22(30)29-10-13(23)11-29/h2-3,6-9,13H,4-5,10-11H2,1H3,(H,26,27). The van der Waals surface area contributed by atoms with Gasteiger partial charge in [-0.1, -0.05) is 5.16 Å². The summed E-state index contributed by atoms with van der Waals surface area (Å²) in [6.45, 7) is 0.766. The van der Waals surface area contributed by atoms with E-state index in [0.29, 0.717) is 45.9 Å². The summed E-state index contributed by atoms with van der Waals surface area (Å²) in [7, 11) is 1.54. The molecule has 1 saturated heterocycles. The first-order valence-corrected chi connectivity index (χ1v) is 10.2. The summed E-state index contributed by atoms with van der Waals surface area (Å²) in [5.41, 5.74) is 2.23. The van der Waals surface area contributed by atoms with Crippen LogP contribution in [0.4, 0.5) is 8.78 Å². The van der Waals surface area contributed by atoms with E-state index in [4.69, 9.17) is 14.0 Å². The van der Waals surface area contributed by atoms with Gasteiger partial charge in [0.15, 0.2) is 17.3 Å². The number of likely N-dealkylation sites (tertiary alicyclic amines) is 1. The molecular weight excluding hydrogens is 436 g/mol. The molecule has 0 aliphatic carbocycles. The van der Waals surface area contributed by atoms with Gasteiger partial charge < -0.3 is 18.9 Å². The normalized spacial score (nSPS) is 14.0. The molecule has 1 aliphatic rings. The fraction of sp³-hybridized carbons (Fsp3) is 0.273. The lowest BCUT2D eigenvalue weighted by Gasteiger charge is -2.34. The Balaban J connectivity index is 1.36. The molecule has 33 heavy (non-hydrogen) atoms. The van der Waals surface area contributed by atoms with Gasteiger partial charge in [0, 0.05) is 30.8 Å². The topological polar surface area (TPSA) is 106 Å². The molecule has 1 aliphatic heterocycles. The number of nitrogens with zero attached hydrogens (tertiary/aromatic N) is 4. The molecule has 1 aromatic carbocycles. The number of halogens is 2. The van der Waals surface area contributed by atoms with Crippen molar-refractivity contribution in [2.45, 2.75) is 6.17 Å². The van der Waals surface area contributed by atoms with Crippen molar-refractivity contribution in [3.63, 3.8) is 0 Å². The van der Waals surface area contributed by atoms with E-state index in [2.05, 4.69) is 20.3 Å². The Bertz CT molecular complexity index is 1300. The molecule has 4 aromatic rings. The predicted molar refractivity (Wildman–Crippen MR) is 113 cm³/mol. The molecule has 0 saturated carbocycles. The number of hydrogen-bond donors (Lipinski definition) is 1. The SMILES string of the molecule is COCCOc1cc2[nH]nc(-c3cc(-c4ccc(C(=O)N5CC(F)C5)cn4)no3)c2cc1F. The number of carbonyl (C=O) groups excluding carboxylic acids is 1. The lowest BCUT2D eigenvalue weighted by molar-refractivity contribution is 0.0400. The van der Waals surface area contributed by atoms with Crippen LogP contribution in [-0.4, -0.2) is 70.7 Å². The first kappa shape index (κ1) is 21.0. The van der Waals surface area contributed by atoms with Crippen LogP contribution in [0.2, 0.25) is 0 Å². The zero-order valence-electron chi connectivity index (χ0n) is 17.5. The lowest BCUT2D eigenvalue weighted by atomic mass is 10.1. The molecule has 5 rings (SSSR count). The molecule has 0 radical (unpaired) electrons. The zero-order chi connectivity index (χ0) is 22.9. The Kier molecular flexibility index (Phi) is 5.47. The van der Waals surface area contributed by atoms with Crippen LogP contribution in [0.5, 0.6) is 5.75 Å². The van der Waals surface area contributed by atoms with E-state index < -0.39 is 12.0 Å². The maximum atomic E-state index is 14.5. The Labute approximate surface area is 186 Å². The fourth-order valence-electron chi connectivity index (χ4n) is 3.50. The second-order valence-electron chi connectivity index (χ2n) is 7.56. The zero-order valence-corrected chi connectivity index (χ0v) is 17.5. The van der Waals surface area contributed by atoms with Crippen molar-refractivity contribution in [2.75, 3.05) is 33.4 Å². The second-order valence-corrected chi connectivity index (χ2v) is 7.56. The summed E-state index contributed by atoms with van der Waals surface area (Å²) in [6, 6.07) is 7.70. The number of benzene rings is 1. The quantitative estimate of drug-likeness (QED) is 0.427. The van der Waals surface area contributed by atoms with Crippen molar-refractivity contribution >= 4 is 16.8 Å². The van der Waals surface area contributed by atoms with E-state index in [0.717, 1.165) is 0 Å². The molecule has 4 heterocycles. The van der Waals surface area contributed by atoms with Gasteiger partial charge in [0.05, 0.1) is 36.5 Å². The van der Waals surface area contributed by atoms with Crippen molar-refractivity contribution in [3.8, 4) is 28.6 Å². The average Bonchev–Trinajstić information content (AvgIpc) is 3.44. The summed E-state index contributed by atoms with van der Waals surface area (Å²) in [5, 5.41) is 11.6. The van der Waals surface area contributed by atoms with Gasteiger partial charge in [-0.2, -0.15) is 5.10 Å². The smallest absolute Gasteiger partial charge is 0.255 e. The molecule has 0 spiro atoms. The Morgan fingerprint density at radius 3 is 2.82 bits per heavy atom. The van der Waals surface area contributed by atoms with Gasteiger partial charge in [-0.05, 0) is 18.2 Å². The monoisotopic (exact) mass is 455 g/mol. The number of ether oxygens (including phenoxy) is 2. The maximum absolute atomic E-state index is 14.5. The first-order valence-electron chi connectivity index (χ1n) is 10.2. The highest BCUT2D eigenvalue weighted by Gasteiger charge is 2.31. The summed E-state index contributed by atoms with van der Waals surface area (Å²) in [4.78, 5) is 17.9. The van der Waals surface area contributed by atoms with Crippen molar-refractivity contribution in [1.29, 1.82) is 0 Å². The third kappa shape index (κ3) is 4.02. The van der Waals surface area contributed by atoms with Gasteiger partial charge in [0.25, 0.3) is 5.91 Å². The molecule has 1 fully saturated rings. The van der Waals surface area contributed by atoms with Gasteiger partial charge in [0.1, 0.15) is 24.2 Å². The molecule has 0 bridgehead atoms. The highest BCUT2D eigenvalue weighted by Crippen LogP contribution is 2.32. The number of rotatable bonds is 7. The summed E-state index contributed by atoms with van der Waals surface area (Å²) in [6.07, 6.45) is 0.457. The van der Waals surface area contributed by atoms with E-state index in [1.165, 1.54) is 30.3 Å². The number of H-pyrrole nitrogens is 1. The van der Waals surface area contributed by atoms with Gasteiger partial charge in [-0.15, -0.1) is 0 Å². The molecule has 3 aromatic heterocycles. The van der Waals surface area contributed by atoms with Crippen LogP contribution < -0.4 is 4.74 Å². The van der Waals surface area contributed by atoms with Crippen molar-refractivity contribution in [3.05, 3.63) is 47.9 Å². The molecule has 0 unspecified atom stereocenters. The van der Waals surface area contributed by atoms with Crippen LogP contribution in [0, 0.1) is 5.82 Å². The van der Waals surface area contributed by atoms with Crippen LogP contribution in [0.3, 0.4) is 0 Å². The number of fused-ring (bicyclic) bond motifs is 1. The van der Waals surface area contributed by atoms with Gasteiger partial charge in [0.2, 0.25) is 0 Å². The molecule has 170 valence electrons. The molecule has 1 N–H and O–H groups in total. The van der Waals surface area contributed by atoms with Gasteiger partial charge in [-0.25, -0.2) is 8.78 Å². The number of aromatic nitrogens is 4. The molecule has 0 atom stereocenters. The minimum atomic E-state index is -0.962. The van der Waals surface area contributed by atoms with Crippen molar-refractivity contribution < 1.29 is 27.6 Å². The second kappa shape index (κ2) is 8.58.